The highest BCUT2D eigenvalue weighted by Gasteiger charge is 2.44. The number of hydrogen-bond donors (Lipinski definition) is 1. The van der Waals surface area contributed by atoms with Gasteiger partial charge in [-0.05, 0) is 44.2 Å². The monoisotopic (exact) mass is 273 g/mol. The summed E-state index contributed by atoms with van der Waals surface area (Å²) in [6.45, 7) is 1.81. The Balaban J connectivity index is 1.95. The van der Waals surface area contributed by atoms with Crippen LogP contribution in [0.4, 0.5) is 0 Å². The van der Waals surface area contributed by atoms with Crippen molar-refractivity contribution >= 4 is 0 Å². The third-order valence-corrected chi connectivity index (χ3v) is 5.51. The van der Waals surface area contributed by atoms with E-state index in [1.54, 1.807) is 0 Å². The van der Waals surface area contributed by atoms with Crippen LogP contribution in [0.25, 0.3) is 0 Å². The second kappa shape index (κ2) is 6.28. The first-order valence-electron chi connectivity index (χ1n) is 8.17. The summed E-state index contributed by atoms with van der Waals surface area (Å²) in [5, 5.41) is 3.70. The first-order valence-corrected chi connectivity index (χ1v) is 8.17. The van der Waals surface area contributed by atoms with Gasteiger partial charge < -0.3 is 10.1 Å². The van der Waals surface area contributed by atoms with E-state index in [9.17, 15) is 0 Å². The summed E-state index contributed by atoms with van der Waals surface area (Å²) in [4.78, 5) is 0. The van der Waals surface area contributed by atoms with Gasteiger partial charge in [0.2, 0.25) is 0 Å². The fourth-order valence-corrected chi connectivity index (χ4v) is 4.54. The molecule has 110 valence electrons. The molecule has 2 aliphatic rings. The Hall–Kier alpha value is -0.860. The molecule has 1 aromatic rings. The van der Waals surface area contributed by atoms with E-state index < -0.39 is 0 Å². The Morgan fingerprint density at radius 3 is 2.35 bits per heavy atom. The van der Waals surface area contributed by atoms with Crippen molar-refractivity contribution < 1.29 is 4.74 Å². The Morgan fingerprint density at radius 2 is 1.75 bits per heavy atom. The highest BCUT2D eigenvalue weighted by molar-refractivity contribution is 5.29. The maximum atomic E-state index is 5.68. The minimum absolute atomic E-state index is 0.267. The first kappa shape index (κ1) is 14.1. The number of rotatable bonds is 4. The molecule has 1 aliphatic carbocycles. The summed E-state index contributed by atoms with van der Waals surface area (Å²) in [5.74, 6) is 0.832. The predicted octanol–water partition coefficient (Wildman–Crippen LogP) is 3.51. The number of hydrogen-bond acceptors (Lipinski definition) is 2. The molecule has 2 nitrogen and oxygen atoms in total. The smallest absolute Gasteiger partial charge is 0.0475 e. The van der Waals surface area contributed by atoms with Crippen molar-refractivity contribution in [3.63, 3.8) is 0 Å². The zero-order valence-electron chi connectivity index (χ0n) is 12.6. The van der Waals surface area contributed by atoms with Crippen LogP contribution in [0.2, 0.25) is 0 Å². The van der Waals surface area contributed by atoms with Crippen LogP contribution in [0.3, 0.4) is 0 Å². The predicted molar refractivity (Wildman–Crippen MR) is 83.0 cm³/mol. The molecule has 1 heterocycles. The van der Waals surface area contributed by atoms with Crippen molar-refractivity contribution in [2.24, 2.45) is 5.92 Å². The standard InChI is InChI=1S/C18H27NO/c1-19-17(15-7-5-6-8-15)18(11-13-20-14-12-18)16-9-3-2-4-10-16/h2-4,9-10,15,17,19H,5-8,11-14H2,1H3. The van der Waals surface area contributed by atoms with E-state index >= 15 is 0 Å². The topological polar surface area (TPSA) is 21.3 Å². The lowest BCUT2D eigenvalue weighted by Crippen LogP contribution is -2.53. The summed E-state index contributed by atoms with van der Waals surface area (Å²) in [6.07, 6.45) is 7.90. The van der Waals surface area contributed by atoms with Crippen LogP contribution in [0.1, 0.15) is 44.1 Å². The number of benzene rings is 1. The van der Waals surface area contributed by atoms with Crippen molar-refractivity contribution in [3.05, 3.63) is 35.9 Å². The zero-order valence-corrected chi connectivity index (χ0v) is 12.6. The van der Waals surface area contributed by atoms with Gasteiger partial charge in [-0.1, -0.05) is 43.2 Å². The third kappa shape index (κ3) is 2.51. The molecule has 1 saturated heterocycles. The van der Waals surface area contributed by atoms with E-state index in [-0.39, 0.29) is 5.41 Å². The van der Waals surface area contributed by atoms with Crippen LogP contribution >= 0.6 is 0 Å². The van der Waals surface area contributed by atoms with E-state index in [0.717, 1.165) is 32.0 Å². The Bertz CT molecular complexity index is 405. The van der Waals surface area contributed by atoms with Gasteiger partial charge in [0.05, 0.1) is 0 Å². The SMILES string of the molecule is CNC(C1CCCC1)C1(c2ccccc2)CCOCC1. The van der Waals surface area contributed by atoms with Crippen molar-refractivity contribution in [2.75, 3.05) is 20.3 Å². The Labute approximate surface area is 122 Å². The summed E-state index contributed by atoms with van der Waals surface area (Å²) >= 11 is 0. The molecule has 3 rings (SSSR count). The summed E-state index contributed by atoms with van der Waals surface area (Å²) in [5.41, 5.74) is 1.78. The van der Waals surface area contributed by atoms with Crippen molar-refractivity contribution in [3.8, 4) is 0 Å². The van der Waals surface area contributed by atoms with E-state index in [4.69, 9.17) is 4.74 Å². The lowest BCUT2D eigenvalue weighted by molar-refractivity contribution is 0.0254. The average molecular weight is 273 g/mol. The maximum absolute atomic E-state index is 5.68. The Morgan fingerprint density at radius 1 is 1.10 bits per heavy atom. The number of nitrogens with one attached hydrogen (secondary N) is 1. The van der Waals surface area contributed by atoms with E-state index in [2.05, 4.69) is 42.7 Å². The summed E-state index contributed by atoms with van der Waals surface area (Å²) in [6, 6.07) is 11.7. The molecule has 1 N–H and O–H groups in total. The van der Waals surface area contributed by atoms with Crippen molar-refractivity contribution in [1.82, 2.24) is 5.32 Å². The lowest BCUT2D eigenvalue weighted by Gasteiger charge is -2.46. The molecule has 1 atom stereocenters. The molecule has 20 heavy (non-hydrogen) atoms. The zero-order chi connectivity index (χ0) is 13.8. The van der Waals surface area contributed by atoms with E-state index in [1.165, 1.54) is 31.2 Å². The maximum Gasteiger partial charge on any atom is 0.0475 e. The van der Waals surface area contributed by atoms with Gasteiger partial charge in [-0.25, -0.2) is 0 Å². The molecule has 0 bridgehead atoms. The summed E-state index contributed by atoms with van der Waals surface area (Å²) in [7, 11) is 2.16. The number of ether oxygens (including phenoxy) is 1. The fraction of sp³-hybridized carbons (Fsp3) is 0.667. The van der Waals surface area contributed by atoms with Crippen LogP contribution < -0.4 is 5.32 Å². The third-order valence-electron chi connectivity index (χ3n) is 5.51. The lowest BCUT2D eigenvalue weighted by atomic mass is 9.65. The highest BCUT2D eigenvalue weighted by atomic mass is 16.5. The van der Waals surface area contributed by atoms with Gasteiger partial charge in [0.15, 0.2) is 0 Å². The molecule has 0 amide bonds. The molecule has 1 aliphatic heterocycles. The van der Waals surface area contributed by atoms with Gasteiger partial charge in [-0.2, -0.15) is 0 Å². The van der Waals surface area contributed by atoms with E-state index in [0.29, 0.717) is 6.04 Å². The average Bonchev–Trinajstić information content (AvgIpc) is 3.04. The molecule has 2 fully saturated rings. The first-order chi connectivity index (χ1) is 9.87. The van der Waals surface area contributed by atoms with Crippen LogP contribution in [0.5, 0.6) is 0 Å². The Kier molecular flexibility index (Phi) is 4.42. The molecule has 1 saturated carbocycles. The van der Waals surface area contributed by atoms with Gasteiger partial charge in [0.1, 0.15) is 0 Å². The minimum Gasteiger partial charge on any atom is -0.381 e. The van der Waals surface area contributed by atoms with Crippen LogP contribution in [0, 0.1) is 5.92 Å². The molecular formula is C18H27NO. The van der Waals surface area contributed by atoms with Gasteiger partial charge in [-0.3, -0.25) is 0 Å². The number of likely N-dealkylation sites (N-methyl/N-ethyl adjacent to an activating group) is 1. The minimum atomic E-state index is 0.267. The normalized spacial score (nSPS) is 24.6. The molecule has 1 unspecified atom stereocenters. The van der Waals surface area contributed by atoms with E-state index in [1.807, 2.05) is 0 Å². The largest absolute Gasteiger partial charge is 0.381 e. The van der Waals surface area contributed by atoms with Gasteiger partial charge in [-0.15, -0.1) is 0 Å². The molecule has 2 heteroatoms. The van der Waals surface area contributed by atoms with Crippen molar-refractivity contribution in [2.45, 2.75) is 50.0 Å². The second-order valence-corrected chi connectivity index (χ2v) is 6.45. The molecule has 0 aromatic heterocycles. The quantitative estimate of drug-likeness (QED) is 0.906. The van der Waals surface area contributed by atoms with Gasteiger partial charge in [0.25, 0.3) is 0 Å². The molecule has 1 aromatic carbocycles. The summed E-state index contributed by atoms with van der Waals surface area (Å²) < 4.78 is 5.68. The second-order valence-electron chi connectivity index (χ2n) is 6.45. The molecular weight excluding hydrogens is 246 g/mol. The molecule has 0 spiro atoms. The van der Waals surface area contributed by atoms with Crippen LogP contribution in [-0.4, -0.2) is 26.3 Å². The molecule has 0 radical (unpaired) electrons. The van der Waals surface area contributed by atoms with Crippen LogP contribution in [0.15, 0.2) is 30.3 Å². The van der Waals surface area contributed by atoms with Crippen LogP contribution in [-0.2, 0) is 10.2 Å². The van der Waals surface area contributed by atoms with Crippen molar-refractivity contribution in [1.29, 1.82) is 0 Å². The fourth-order valence-electron chi connectivity index (χ4n) is 4.54. The highest BCUT2D eigenvalue weighted by Crippen LogP contribution is 2.44. The van der Waals surface area contributed by atoms with Gasteiger partial charge >= 0.3 is 0 Å². The van der Waals surface area contributed by atoms with Gasteiger partial charge in [0, 0.05) is 24.7 Å².